The van der Waals surface area contributed by atoms with E-state index in [0.717, 1.165) is 16.6 Å². The fourth-order valence-corrected chi connectivity index (χ4v) is 2.87. The van der Waals surface area contributed by atoms with E-state index in [2.05, 4.69) is 15.0 Å². The molecule has 8 nitrogen and oxygen atoms in total. The van der Waals surface area contributed by atoms with Crippen molar-refractivity contribution in [3.63, 3.8) is 0 Å². The lowest BCUT2D eigenvalue weighted by Crippen LogP contribution is -2.15. The van der Waals surface area contributed by atoms with E-state index in [1.54, 1.807) is 17.0 Å². The summed E-state index contributed by atoms with van der Waals surface area (Å²) in [7, 11) is 0. The van der Waals surface area contributed by atoms with Crippen molar-refractivity contribution in [2.45, 2.75) is 6.54 Å². The van der Waals surface area contributed by atoms with E-state index in [0.29, 0.717) is 5.52 Å². The van der Waals surface area contributed by atoms with Gasteiger partial charge >= 0.3 is 5.97 Å². The van der Waals surface area contributed by atoms with E-state index < -0.39 is 12.6 Å². The van der Waals surface area contributed by atoms with Crippen LogP contribution in [0.5, 0.6) is 0 Å². The number of nitriles is 1. The van der Waals surface area contributed by atoms with Gasteiger partial charge in [0, 0.05) is 0 Å². The number of carbonyl (C=O) groups excluding carboxylic acids is 1. The average Bonchev–Trinajstić information content (AvgIpc) is 3.31. The van der Waals surface area contributed by atoms with E-state index in [-0.39, 0.29) is 23.7 Å². The second-order valence-electron chi connectivity index (χ2n) is 6.06. The molecule has 138 valence electrons. The van der Waals surface area contributed by atoms with Gasteiger partial charge in [0.25, 0.3) is 0 Å². The number of para-hydroxylation sites is 4. The number of H-pyrrole nitrogens is 1. The molecule has 2 heterocycles. The highest BCUT2D eigenvalue weighted by Crippen LogP contribution is 2.19. The Hall–Kier alpha value is -4.12. The number of ether oxygens (including phenoxy) is 1. The molecule has 0 fully saturated rings. The zero-order valence-corrected chi connectivity index (χ0v) is 14.7. The average molecular weight is 373 g/mol. The summed E-state index contributed by atoms with van der Waals surface area (Å²) in [4.78, 5) is 23.6. The first kappa shape index (κ1) is 17.3. The van der Waals surface area contributed by atoms with Crippen molar-refractivity contribution in [3.05, 3.63) is 66.4 Å². The molecule has 0 saturated heterocycles. The Morgan fingerprint density at radius 2 is 1.93 bits per heavy atom. The van der Waals surface area contributed by atoms with Crippen molar-refractivity contribution >= 4 is 33.6 Å². The highest BCUT2D eigenvalue weighted by molar-refractivity contribution is 5.83. The number of fused-ring (bicyclic) bond motifs is 2. The third-order valence-electron chi connectivity index (χ3n) is 4.22. The second kappa shape index (κ2) is 7.25. The van der Waals surface area contributed by atoms with Crippen LogP contribution in [-0.2, 0) is 16.1 Å². The number of rotatable bonds is 5. The molecular formula is C20H15N5O3. The lowest BCUT2D eigenvalue weighted by atomic mass is 10.2. The number of aliphatic hydroxyl groups excluding tert-OH is 1. The summed E-state index contributed by atoms with van der Waals surface area (Å²) in [6.45, 7) is -0.480. The first-order valence-corrected chi connectivity index (χ1v) is 8.48. The fourth-order valence-electron chi connectivity index (χ4n) is 2.87. The minimum absolute atomic E-state index is 0.0552. The van der Waals surface area contributed by atoms with E-state index in [1.807, 2.05) is 48.5 Å². The molecule has 0 bridgehead atoms. The molecule has 0 unspecified atom stereocenters. The molecule has 0 atom stereocenters. The predicted molar refractivity (Wildman–Crippen MR) is 102 cm³/mol. The van der Waals surface area contributed by atoms with Gasteiger partial charge in [-0.05, 0) is 24.3 Å². The van der Waals surface area contributed by atoms with Crippen LogP contribution in [0, 0.1) is 11.3 Å². The third kappa shape index (κ3) is 3.29. The monoisotopic (exact) mass is 373 g/mol. The van der Waals surface area contributed by atoms with Gasteiger partial charge in [-0.15, -0.1) is 0 Å². The molecule has 0 radical (unpaired) electrons. The van der Waals surface area contributed by atoms with Crippen LogP contribution >= 0.6 is 0 Å². The van der Waals surface area contributed by atoms with Crippen molar-refractivity contribution in [1.29, 1.82) is 5.26 Å². The van der Waals surface area contributed by atoms with Gasteiger partial charge in [0.1, 0.15) is 24.8 Å². The number of benzene rings is 2. The van der Waals surface area contributed by atoms with E-state index in [9.17, 15) is 15.2 Å². The number of nitrogens with zero attached hydrogens (tertiary/aromatic N) is 4. The zero-order chi connectivity index (χ0) is 19.5. The lowest BCUT2D eigenvalue weighted by molar-refractivity contribution is -0.144. The molecule has 0 spiro atoms. The van der Waals surface area contributed by atoms with Crippen LogP contribution < -0.4 is 0 Å². The number of nitrogens with one attached hydrogen (secondary N) is 1. The summed E-state index contributed by atoms with van der Waals surface area (Å²) in [5.74, 6) is -0.708. The van der Waals surface area contributed by atoms with Crippen molar-refractivity contribution in [1.82, 2.24) is 19.5 Å². The first-order valence-electron chi connectivity index (χ1n) is 8.48. The number of hydrogen-bond donors (Lipinski definition) is 2. The Kier molecular flexibility index (Phi) is 4.48. The van der Waals surface area contributed by atoms with Gasteiger partial charge in [0.15, 0.2) is 11.6 Å². The number of hydrogen-bond acceptors (Lipinski definition) is 6. The Morgan fingerprint density at radius 3 is 2.71 bits per heavy atom. The smallest absolute Gasteiger partial charge is 0.326 e. The van der Waals surface area contributed by atoms with Gasteiger partial charge in [0.2, 0.25) is 0 Å². The summed E-state index contributed by atoms with van der Waals surface area (Å²) < 4.78 is 6.77. The van der Waals surface area contributed by atoms with Crippen LogP contribution in [0.1, 0.15) is 5.82 Å². The summed E-state index contributed by atoms with van der Waals surface area (Å²) in [5, 5.41) is 19.6. The number of esters is 1. The molecule has 2 aromatic heterocycles. The highest BCUT2D eigenvalue weighted by Gasteiger charge is 2.15. The molecule has 0 aliphatic rings. The molecule has 0 amide bonds. The summed E-state index contributed by atoms with van der Waals surface area (Å²) in [6.07, 6.45) is 1.55. The fraction of sp³-hybridized carbons (Fsp3) is 0.100. The van der Waals surface area contributed by atoms with Crippen LogP contribution in [0.4, 0.5) is 0 Å². The minimum Gasteiger partial charge on any atom is -0.507 e. The summed E-state index contributed by atoms with van der Waals surface area (Å²) in [5.41, 5.74) is 2.91. The van der Waals surface area contributed by atoms with Gasteiger partial charge in [-0.3, -0.25) is 4.79 Å². The highest BCUT2D eigenvalue weighted by atomic mass is 16.5. The van der Waals surface area contributed by atoms with Crippen LogP contribution in [0.3, 0.4) is 0 Å². The quantitative estimate of drug-likeness (QED) is 0.316. The SMILES string of the molecule is N#CC(=C(O)COC(=O)Cn1cnc2ccccc21)c1nc2ccccc2[nH]1. The predicted octanol–water partition coefficient (Wildman–Crippen LogP) is 2.95. The number of aliphatic hydroxyl groups is 1. The molecule has 8 heteroatoms. The molecule has 4 aromatic rings. The second-order valence-corrected chi connectivity index (χ2v) is 6.06. The topological polar surface area (TPSA) is 117 Å². The summed E-state index contributed by atoms with van der Waals surface area (Å²) >= 11 is 0. The number of aromatic nitrogens is 4. The van der Waals surface area contributed by atoms with Gasteiger partial charge in [-0.25, -0.2) is 9.97 Å². The van der Waals surface area contributed by atoms with Gasteiger partial charge in [0.05, 0.1) is 28.4 Å². The van der Waals surface area contributed by atoms with E-state index in [4.69, 9.17) is 4.74 Å². The Labute approximate surface area is 159 Å². The Balaban J connectivity index is 1.48. The number of imidazole rings is 2. The molecule has 0 saturated carbocycles. The molecule has 2 N–H and O–H groups in total. The van der Waals surface area contributed by atoms with Crippen molar-refractivity contribution in [3.8, 4) is 6.07 Å². The number of allylic oxidation sites excluding steroid dienone is 1. The number of carbonyl (C=O) groups is 1. The molecular weight excluding hydrogens is 358 g/mol. The lowest BCUT2D eigenvalue weighted by Gasteiger charge is -2.07. The Bertz CT molecular complexity index is 1210. The van der Waals surface area contributed by atoms with Crippen molar-refractivity contribution in [2.24, 2.45) is 0 Å². The standard InChI is InChI=1S/C20H15N5O3/c21-9-13(20-23-14-5-1-2-6-15(14)24-20)18(26)11-28-19(27)10-25-12-22-16-7-3-4-8-17(16)25/h1-8,12,26H,10-11H2,(H,23,24). The van der Waals surface area contributed by atoms with Crippen LogP contribution in [0.2, 0.25) is 0 Å². The summed E-state index contributed by atoms with van der Waals surface area (Å²) in [6, 6.07) is 16.6. The van der Waals surface area contributed by atoms with E-state index in [1.165, 1.54) is 0 Å². The van der Waals surface area contributed by atoms with Crippen LogP contribution in [0.25, 0.3) is 27.6 Å². The van der Waals surface area contributed by atoms with Crippen LogP contribution in [0.15, 0.2) is 60.6 Å². The van der Waals surface area contributed by atoms with Gasteiger partial charge < -0.3 is 19.4 Å². The molecule has 0 aliphatic carbocycles. The minimum atomic E-state index is -0.559. The Morgan fingerprint density at radius 1 is 1.18 bits per heavy atom. The number of aromatic amines is 1. The maximum absolute atomic E-state index is 12.1. The maximum atomic E-state index is 12.1. The van der Waals surface area contributed by atoms with Crippen molar-refractivity contribution in [2.75, 3.05) is 6.61 Å². The normalized spacial score (nSPS) is 12.0. The van der Waals surface area contributed by atoms with Gasteiger partial charge in [-0.2, -0.15) is 5.26 Å². The third-order valence-corrected chi connectivity index (χ3v) is 4.22. The molecule has 0 aliphatic heterocycles. The van der Waals surface area contributed by atoms with Crippen molar-refractivity contribution < 1.29 is 14.6 Å². The molecule has 2 aromatic carbocycles. The zero-order valence-electron chi connectivity index (χ0n) is 14.7. The van der Waals surface area contributed by atoms with Crippen LogP contribution in [-0.4, -0.2) is 37.2 Å². The maximum Gasteiger partial charge on any atom is 0.326 e. The molecule has 28 heavy (non-hydrogen) atoms. The van der Waals surface area contributed by atoms with Gasteiger partial charge in [-0.1, -0.05) is 24.3 Å². The van der Waals surface area contributed by atoms with E-state index >= 15 is 0 Å². The largest absolute Gasteiger partial charge is 0.507 e. The molecule has 4 rings (SSSR count). The first-order chi connectivity index (χ1) is 13.7.